The van der Waals surface area contributed by atoms with E-state index in [1.165, 1.54) is 25.4 Å². The molecule has 0 radical (unpaired) electrons. The highest BCUT2D eigenvalue weighted by atomic mass is 28.3. The first-order valence-corrected chi connectivity index (χ1v) is 8.43. The van der Waals surface area contributed by atoms with Gasteiger partial charge in [-0.3, -0.25) is 0 Å². The minimum absolute atomic E-state index is 0.859. The topological polar surface area (TPSA) is 12.0 Å². The Morgan fingerprint density at radius 3 is 2.25 bits per heavy atom. The monoisotopic (exact) mass is 187 g/mol. The van der Waals surface area contributed by atoms with Crippen molar-refractivity contribution in [2.75, 3.05) is 6.54 Å². The first-order chi connectivity index (χ1) is 5.48. The van der Waals surface area contributed by atoms with Crippen molar-refractivity contribution in [2.45, 2.75) is 52.8 Å². The maximum absolute atomic E-state index is 3.70. The fourth-order valence-electron chi connectivity index (χ4n) is 1.06. The fraction of sp³-hybridized carbons (Fsp3) is 1.00. The zero-order valence-electron chi connectivity index (χ0n) is 9.41. The van der Waals surface area contributed by atoms with Gasteiger partial charge in [0.05, 0.1) is 0 Å². The van der Waals surface area contributed by atoms with Gasteiger partial charge in [0.2, 0.25) is 0 Å². The van der Waals surface area contributed by atoms with Gasteiger partial charge in [-0.15, -0.1) is 0 Å². The van der Waals surface area contributed by atoms with Crippen molar-refractivity contribution in [3.8, 4) is 0 Å². The highest BCUT2D eigenvalue weighted by molar-refractivity contribution is 6.74. The van der Waals surface area contributed by atoms with Crippen molar-refractivity contribution < 1.29 is 0 Å². The average molecular weight is 187 g/mol. The molecule has 0 unspecified atom stereocenters. The molecule has 0 saturated carbocycles. The maximum atomic E-state index is 3.70. The first-order valence-electron chi connectivity index (χ1n) is 5.23. The molecule has 0 bridgehead atoms. The van der Waals surface area contributed by atoms with Crippen LogP contribution in [0.15, 0.2) is 0 Å². The van der Waals surface area contributed by atoms with Gasteiger partial charge >= 0.3 is 0 Å². The molecule has 1 nitrogen and oxygen atoms in total. The Kier molecular flexibility index (Phi) is 5.84. The van der Waals surface area contributed by atoms with Crippen LogP contribution < -0.4 is 4.98 Å². The smallest absolute Gasteiger partial charge is 0.119 e. The van der Waals surface area contributed by atoms with Crippen molar-refractivity contribution in [1.29, 1.82) is 0 Å². The van der Waals surface area contributed by atoms with E-state index < -0.39 is 8.24 Å². The van der Waals surface area contributed by atoms with Crippen LogP contribution in [0, 0.1) is 5.92 Å². The summed E-state index contributed by atoms with van der Waals surface area (Å²) in [6.45, 7) is 12.9. The van der Waals surface area contributed by atoms with Gasteiger partial charge < -0.3 is 4.98 Å². The van der Waals surface area contributed by atoms with Crippen molar-refractivity contribution in [3.05, 3.63) is 0 Å². The molecule has 0 heterocycles. The molecular formula is C10H25NSi. The van der Waals surface area contributed by atoms with Gasteiger partial charge in [0.1, 0.15) is 8.24 Å². The van der Waals surface area contributed by atoms with Gasteiger partial charge in [0.25, 0.3) is 0 Å². The summed E-state index contributed by atoms with van der Waals surface area (Å²) < 4.78 is 0. The van der Waals surface area contributed by atoms with Crippen LogP contribution in [0.4, 0.5) is 0 Å². The molecule has 74 valence electrons. The lowest BCUT2D eigenvalue weighted by Crippen LogP contribution is -2.44. The van der Waals surface area contributed by atoms with Gasteiger partial charge in [-0.2, -0.15) is 0 Å². The Hall–Kier alpha value is 0.177. The Labute approximate surface area is 79.0 Å². The van der Waals surface area contributed by atoms with Crippen LogP contribution in [-0.4, -0.2) is 14.8 Å². The van der Waals surface area contributed by atoms with Crippen molar-refractivity contribution >= 4 is 8.24 Å². The summed E-state index contributed by atoms with van der Waals surface area (Å²) >= 11 is 0. The summed E-state index contributed by atoms with van der Waals surface area (Å²) in [5.74, 6) is 0.859. The third-order valence-corrected chi connectivity index (χ3v) is 5.42. The molecule has 0 atom stereocenters. The number of rotatable bonds is 6. The molecule has 0 spiro atoms. The second kappa shape index (κ2) is 5.76. The SMILES string of the molecule is CC[Si](C)(C)NCCCC(C)C. The summed E-state index contributed by atoms with van der Waals surface area (Å²) in [6.07, 6.45) is 2.70. The van der Waals surface area contributed by atoms with Crippen LogP contribution in [0.2, 0.25) is 19.1 Å². The summed E-state index contributed by atoms with van der Waals surface area (Å²) in [5.41, 5.74) is 0. The van der Waals surface area contributed by atoms with Crippen molar-refractivity contribution in [1.82, 2.24) is 4.98 Å². The van der Waals surface area contributed by atoms with E-state index in [4.69, 9.17) is 0 Å². The third kappa shape index (κ3) is 6.86. The van der Waals surface area contributed by atoms with E-state index in [9.17, 15) is 0 Å². The molecule has 2 heteroatoms. The first kappa shape index (κ1) is 12.2. The zero-order valence-corrected chi connectivity index (χ0v) is 10.4. The summed E-state index contributed by atoms with van der Waals surface area (Å²) in [7, 11) is -0.999. The minimum Gasteiger partial charge on any atom is -0.337 e. The van der Waals surface area contributed by atoms with Crippen LogP contribution >= 0.6 is 0 Å². The number of hydrogen-bond acceptors (Lipinski definition) is 1. The molecule has 0 aromatic rings. The van der Waals surface area contributed by atoms with Gasteiger partial charge in [-0.25, -0.2) is 0 Å². The number of hydrogen-bond donors (Lipinski definition) is 1. The lowest BCUT2D eigenvalue weighted by molar-refractivity contribution is 0.551. The normalized spacial score (nSPS) is 12.5. The highest BCUT2D eigenvalue weighted by Gasteiger charge is 2.15. The summed E-state index contributed by atoms with van der Waals surface area (Å²) in [5, 5.41) is 0. The van der Waals surface area contributed by atoms with E-state index >= 15 is 0 Å². The molecule has 0 aliphatic rings. The third-order valence-electron chi connectivity index (χ3n) is 2.45. The maximum Gasteiger partial charge on any atom is 0.119 e. The molecule has 0 aromatic heterocycles. The van der Waals surface area contributed by atoms with Crippen molar-refractivity contribution in [2.24, 2.45) is 5.92 Å². The van der Waals surface area contributed by atoms with E-state index in [0.717, 1.165) is 5.92 Å². The fourth-order valence-corrected chi connectivity index (χ4v) is 2.17. The molecule has 0 aliphatic carbocycles. The van der Waals surface area contributed by atoms with Crippen molar-refractivity contribution in [3.63, 3.8) is 0 Å². The Balaban J connectivity index is 3.31. The molecule has 0 amide bonds. The van der Waals surface area contributed by atoms with Crippen LogP contribution in [0.25, 0.3) is 0 Å². The van der Waals surface area contributed by atoms with Crippen LogP contribution in [-0.2, 0) is 0 Å². The molecule has 0 fully saturated rings. The van der Waals surface area contributed by atoms with Crippen LogP contribution in [0.3, 0.4) is 0 Å². The second-order valence-electron chi connectivity index (χ2n) is 4.70. The molecule has 0 saturated heterocycles. The molecular weight excluding hydrogens is 162 g/mol. The van der Waals surface area contributed by atoms with Gasteiger partial charge in [0, 0.05) is 0 Å². The summed E-state index contributed by atoms with van der Waals surface area (Å²) in [6, 6.07) is 1.34. The number of nitrogens with one attached hydrogen (secondary N) is 1. The second-order valence-corrected chi connectivity index (χ2v) is 9.53. The van der Waals surface area contributed by atoms with Gasteiger partial charge in [-0.1, -0.05) is 33.9 Å². The Morgan fingerprint density at radius 1 is 1.25 bits per heavy atom. The molecule has 12 heavy (non-hydrogen) atoms. The average Bonchev–Trinajstić information content (AvgIpc) is 1.98. The van der Waals surface area contributed by atoms with E-state index in [1.807, 2.05) is 0 Å². The molecule has 0 rings (SSSR count). The molecule has 0 aliphatic heterocycles. The predicted octanol–water partition coefficient (Wildman–Crippen LogP) is 3.24. The Morgan fingerprint density at radius 2 is 1.83 bits per heavy atom. The lowest BCUT2D eigenvalue weighted by atomic mass is 10.1. The van der Waals surface area contributed by atoms with E-state index in [0.29, 0.717) is 0 Å². The van der Waals surface area contributed by atoms with Crippen LogP contribution in [0.5, 0.6) is 0 Å². The zero-order chi connectivity index (χ0) is 9.61. The molecule has 1 N–H and O–H groups in total. The lowest BCUT2D eigenvalue weighted by Gasteiger charge is -2.21. The molecule has 0 aromatic carbocycles. The standard InChI is InChI=1S/C10H25NSi/c1-6-12(4,5)11-9-7-8-10(2)3/h10-11H,6-9H2,1-5H3. The van der Waals surface area contributed by atoms with E-state index in [-0.39, 0.29) is 0 Å². The van der Waals surface area contributed by atoms with Crippen LogP contribution in [0.1, 0.15) is 33.6 Å². The van der Waals surface area contributed by atoms with E-state index in [1.54, 1.807) is 0 Å². The Bertz CT molecular complexity index is 110. The highest BCUT2D eigenvalue weighted by Crippen LogP contribution is 2.06. The largest absolute Gasteiger partial charge is 0.337 e. The quantitative estimate of drug-likeness (QED) is 0.497. The van der Waals surface area contributed by atoms with Gasteiger partial charge in [-0.05, 0) is 31.3 Å². The van der Waals surface area contributed by atoms with Gasteiger partial charge in [0.15, 0.2) is 0 Å². The summed E-state index contributed by atoms with van der Waals surface area (Å²) in [4.78, 5) is 3.70. The predicted molar refractivity (Wildman–Crippen MR) is 60.0 cm³/mol. The minimum atomic E-state index is -0.999. The van der Waals surface area contributed by atoms with E-state index in [2.05, 4.69) is 38.8 Å².